The molecule has 0 heterocycles. The van der Waals surface area contributed by atoms with E-state index < -0.39 is 6.10 Å². The van der Waals surface area contributed by atoms with Crippen LogP contribution < -0.4 is 0 Å². The molecule has 0 saturated heterocycles. The van der Waals surface area contributed by atoms with Gasteiger partial charge in [0.1, 0.15) is 13.2 Å². The van der Waals surface area contributed by atoms with E-state index >= 15 is 0 Å². The van der Waals surface area contributed by atoms with Gasteiger partial charge in [0.2, 0.25) is 0 Å². The quantitative estimate of drug-likeness (QED) is 0.0262. The minimum atomic E-state index is -0.779. The van der Waals surface area contributed by atoms with Crippen molar-refractivity contribution < 1.29 is 28.6 Å². The molecule has 6 nitrogen and oxygen atoms in total. The molecule has 0 aliphatic carbocycles. The maximum Gasteiger partial charge on any atom is 0.306 e. The van der Waals surface area contributed by atoms with E-state index in [9.17, 15) is 14.4 Å². The Morgan fingerprint density at radius 3 is 0.921 bits per heavy atom. The molecule has 0 unspecified atom stereocenters. The number of carbonyl (C=O) groups excluding carboxylic acids is 3. The third-order valence-corrected chi connectivity index (χ3v) is 12.1. The highest BCUT2D eigenvalue weighted by molar-refractivity contribution is 5.71. The fourth-order valence-corrected chi connectivity index (χ4v) is 7.94. The fraction of sp³-hybridized carbons (Fsp3) is 0.842. The van der Waals surface area contributed by atoms with Crippen LogP contribution in [-0.2, 0) is 28.6 Å². The summed E-state index contributed by atoms with van der Waals surface area (Å²) in [4.78, 5) is 38.0. The van der Waals surface area contributed by atoms with Crippen LogP contribution in [0.2, 0.25) is 0 Å². The van der Waals surface area contributed by atoms with Crippen LogP contribution >= 0.6 is 0 Å². The van der Waals surface area contributed by atoms with Crippen molar-refractivity contribution in [3.8, 4) is 0 Å². The van der Waals surface area contributed by atoms with E-state index in [-0.39, 0.29) is 31.1 Å². The van der Waals surface area contributed by atoms with Crippen molar-refractivity contribution in [2.45, 2.75) is 297 Å². The van der Waals surface area contributed by atoms with E-state index in [1.807, 2.05) is 0 Å². The zero-order chi connectivity index (χ0) is 45.8. The van der Waals surface area contributed by atoms with Gasteiger partial charge in [-0.3, -0.25) is 14.4 Å². The Hall–Kier alpha value is -2.37. The van der Waals surface area contributed by atoms with Gasteiger partial charge in [0, 0.05) is 19.3 Å². The van der Waals surface area contributed by atoms with Crippen molar-refractivity contribution in [3.05, 3.63) is 36.5 Å². The Bertz CT molecular complexity index is 1060. The number of unbranched alkanes of at least 4 members (excludes halogenated alkanes) is 33. The second-order valence-electron chi connectivity index (χ2n) is 18.5. The maximum absolute atomic E-state index is 12.8. The largest absolute Gasteiger partial charge is 0.462 e. The van der Waals surface area contributed by atoms with E-state index in [2.05, 4.69) is 57.2 Å². The first-order chi connectivity index (χ1) is 31.0. The van der Waals surface area contributed by atoms with E-state index in [1.54, 1.807) is 0 Å². The van der Waals surface area contributed by atoms with Gasteiger partial charge in [0.15, 0.2) is 6.10 Å². The SMILES string of the molecule is CCCCC/C=C/C/C=C/CCCCCCCC(=O)O[C@H](COC(=O)CCCCCCC/C=C/CCCCCCC)COC(=O)CCCCCCCCCCCCCCCCCC. The molecular formula is C57H104O6. The van der Waals surface area contributed by atoms with Crippen LogP contribution in [0.15, 0.2) is 36.5 Å². The summed E-state index contributed by atoms with van der Waals surface area (Å²) in [7, 11) is 0. The van der Waals surface area contributed by atoms with Gasteiger partial charge in [-0.15, -0.1) is 0 Å². The number of carbonyl (C=O) groups is 3. The van der Waals surface area contributed by atoms with Crippen LogP contribution in [0.25, 0.3) is 0 Å². The molecule has 0 N–H and O–H groups in total. The zero-order valence-corrected chi connectivity index (χ0v) is 42.1. The zero-order valence-electron chi connectivity index (χ0n) is 42.1. The van der Waals surface area contributed by atoms with Crippen molar-refractivity contribution >= 4 is 17.9 Å². The third-order valence-electron chi connectivity index (χ3n) is 12.1. The Kier molecular flexibility index (Phi) is 50.3. The van der Waals surface area contributed by atoms with Crippen LogP contribution in [0.1, 0.15) is 290 Å². The van der Waals surface area contributed by atoms with E-state index in [4.69, 9.17) is 14.2 Å². The van der Waals surface area contributed by atoms with Gasteiger partial charge >= 0.3 is 17.9 Å². The Morgan fingerprint density at radius 2 is 0.571 bits per heavy atom. The molecule has 6 heteroatoms. The van der Waals surface area contributed by atoms with Crippen molar-refractivity contribution in [3.63, 3.8) is 0 Å². The van der Waals surface area contributed by atoms with Crippen LogP contribution in [0, 0.1) is 0 Å². The normalized spacial score (nSPS) is 12.2. The average Bonchev–Trinajstić information content (AvgIpc) is 3.28. The molecule has 0 aromatic heterocycles. The molecule has 0 aromatic carbocycles. The molecule has 0 radical (unpaired) electrons. The molecule has 63 heavy (non-hydrogen) atoms. The summed E-state index contributed by atoms with van der Waals surface area (Å²) in [6.07, 6.45) is 61.2. The summed E-state index contributed by atoms with van der Waals surface area (Å²) in [6, 6.07) is 0. The predicted octanol–water partition coefficient (Wildman–Crippen LogP) is 18.1. The fourth-order valence-electron chi connectivity index (χ4n) is 7.94. The minimum Gasteiger partial charge on any atom is -0.462 e. The number of esters is 3. The Balaban J connectivity index is 4.37. The van der Waals surface area contributed by atoms with Crippen LogP contribution in [0.4, 0.5) is 0 Å². The average molecular weight is 885 g/mol. The highest BCUT2D eigenvalue weighted by Crippen LogP contribution is 2.16. The number of allylic oxidation sites excluding steroid dienone is 6. The maximum atomic E-state index is 12.8. The molecule has 0 spiro atoms. The van der Waals surface area contributed by atoms with Crippen LogP contribution in [-0.4, -0.2) is 37.2 Å². The smallest absolute Gasteiger partial charge is 0.306 e. The number of ether oxygens (including phenoxy) is 3. The molecule has 0 aromatic rings. The second kappa shape index (κ2) is 52.3. The molecule has 0 amide bonds. The van der Waals surface area contributed by atoms with Gasteiger partial charge in [0.05, 0.1) is 0 Å². The molecule has 0 rings (SSSR count). The molecule has 0 aliphatic heterocycles. The topological polar surface area (TPSA) is 78.9 Å². The number of hydrogen-bond acceptors (Lipinski definition) is 6. The monoisotopic (exact) mass is 885 g/mol. The van der Waals surface area contributed by atoms with Crippen molar-refractivity contribution in [2.24, 2.45) is 0 Å². The van der Waals surface area contributed by atoms with E-state index in [0.717, 1.165) is 89.9 Å². The summed E-state index contributed by atoms with van der Waals surface area (Å²) in [5, 5.41) is 0. The van der Waals surface area contributed by atoms with Gasteiger partial charge in [-0.25, -0.2) is 0 Å². The van der Waals surface area contributed by atoms with Crippen molar-refractivity contribution in [1.29, 1.82) is 0 Å². The summed E-state index contributed by atoms with van der Waals surface area (Å²) in [6.45, 7) is 6.62. The number of hydrogen-bond donors (Lipinski definition) is 0. The Morgan fingerprint density at radius 1 is 0.317 bits per heavy atom. The summed E-state index contributed by atoms with van der Waals surface area (Å²) >= 11 is 0. The molecular weight excluding hydrogens is 781 g/mol. The second-order valence-corrected chi connectivity index (χ2v) is 18.5. The predicted molar refractivity (Wildman–Crippen MR) is 270 cm³/mol. The van der Waals surface area contributed by atoms with Gasteiger partial charge < -0.3 is 14.2 Å². The van der Waals surface area contributed by atoms with Gasteiger partial charge in [-0.1, -0.05) is 231 Å². The van der Waals surface area contributed by atoms with Gasteiger partial charge in [0.25, 0.3) is 0 Å². The van der Waals surface area contributed by atoms with Crippen molar-refractivity contribution in [2.75, 3.05) is 13.2 Å². The standard InChI is InChI=1S/C57H104O6/c1-4-7-10-13-16-19-22-25-28-30-32-35-38-41-44-47-50-56(59)62-53-54(52-61-55(58)49-46-43-40-37-34-31-27-24-21-18-15-12-9-6-3)63-57(60)51-48-45-42-39-36-33-29-26-23-20-17-14-11-8-5-2/h17,20,24,26-27,29,54H,4-16,18-19,21-23,25,28,30-53H2,1-3H3/b20-17+,27-24+,29-26+/t54-/m1/s1. The first-order valence-electron chi connectivity index (χ1n) is 27.5. The molecule has 368 valence electrons. The van der Waals surface area contributed by atoms with E-state index in [1.165, 1.54) is 161 Å². The third kappa shape index (κ3) is 50.5. The summed E-state index contributed by atoms with van der Waals surface area (Å²) in [5.41, 5.74) is 0. The highest BCUT2D eigenvalue weighted by atomic mass is 16.6. The lowest BCUT2D eigenvalue weighted by molar-refractivity contribution is -0.167. The lowest BCUT2D eigenvalue weighted by Crippen LogP contribution is -2.30. The first-order valence-corrected chi connectivity index (χ1v) is 27.5. The highest BCUT2D eigenvalue weighted by Gasteiger charge is 2.19. The molecule has 1 atom stereocenters. The molecule has 0 fully saturated rings. The Labute approximate surface area is 391 Å². The number of rotatable bonds is 50. The van der Waals surface area contributed by atoms with Crippen LogP contribution in [0.5, 0.6) is 0 Å². The van der Waals surface area contributed by atoms with Gasteiger partial charge in [-0.05, 0) is 77.0 Å². The van der Waals surface area contributed by atoms with Crippen molar-refractivity contribution in [1.82, 2.24) is 0 Å². The summed E-state index contributed by atoms with van der Waals surface area (Å²) in [5.74, 6) is -0.886. The van der Waals surface area contributed by atoms with E-state index in [0.29, 0.717) is 19.3 Å². The summed E-state index contributed by atoms with van der Waals surface area (Å²) < 4.78 is 16.8. The minimum absolute atomic E-state index is 0.0772. The van der Waals surface area contributed by atoms with Gasteiger partial charge in [-0.2, -0.15) is 0 Å². The first kappa shape index (κ1) is 60.6. The van der Waals surface area contributed by atoms with Crippen LogP contribution in [0.3, 0.4) is 0 Å². The lowest BCUT2D eigenvalue weighted by atomic mass is 10.0. The molecule has 0 aliphatic rings. The lowest BCUT2D eigenvalue weighted by Gasteiger charge is -2.18. The molecule has 0 saturated carbocycles. The molecule has 0 bridgehead atoms.